The van der Waals surface area contributed by atoms with E-state index in [0.717, 1.165) is 32.6 Å². The molecule has 0 bridgehead atoms. The summed E-state index contributed by atoms with van der Waals surface area (Å²) in [5, 5.41) is 3.49. The average Bonchev–Trinajstić information content (AvgIpc) is 2.48. The number of rotatable bonds is 16. The van der Waals surface area contributed by atoms with E-state index in [2.05, 4.69) is 33.0 Å². The van der Waals surface area contributed by atoms with Crippen molar-refractivity contribution >= 4 is 0 Å². The van der Waals surface area contributed by atoms with E-state index >= 15 is 0 Å². The molecule has 0 aromatic rings. The molecule has 2 unspecified atom stereocenters. The zero-order valence-corrected chi connectivity index (χ0v) is 14.7. The van der Waals surface area contributed by atoms with Gasteiger partial charge >= 0.3 is 0 Å². The predicted molar refractivity (Wildman–Crippen MR) is 88.9 cm³/mol. The molecule has 0 aliphatic heterocycles. The van der Waals surface area contributed by atoms with Gasteiger partial charge in [0.25, 0.3) is 0 Å². The molecule has 4 heteroatoms. The topological polar surface area (TPSA) is 39.7 Å². The average molecular weight is 303 g/mol. The van der Waals surface area contributed by atoms with Gasteiger partial charge in [0.15, 0.2) is 0 Å². The van der Waals surface area contributed by atoms with Crippen molar-refractivity contribution < 1.29 is 14.2 Å². The zero-order chi connectivity index (χ0) is 15.8. The van der Waals surface area contributed by atoms with E-state index in [9.17, 15) is 0 Å². The molecular formula is C17H37NO3. The number of hydrogen-bond donors (Lipinski definition) is 1. The van der Waals surface area contributed by atoms with Crippen LogP contribution in [0.1, 0.15) is 53.4 Å². The minimum absolute atomic E-state index is 0.570. The van der Waals surface area contributed by atoms with Crippen molar-refractivity contribution in [2.75, 3.05) is 46.2 Å². The summed E-state index contributed by atoms with van der Waals surface area (Å²) < 4.78 is 16.5. The second-order valence-corrected chi connectivity index (χ2v) is 5.49. The van der Waals surface area contributed by atoms with Crippen LogP contribution in [0, 0.1) is 5.92 Å². The summed E-state index contributed by atoms with van der Waals surface area (Å²) in [4.78, 5) is 0. The smallest absolute Gasteiger partial charge is 0.0701 e. The van der Waals surface area contributed by atoms with Crippen LogP contribution in [0.3, 0.4) is 0 Å². The van der Waals surface area contributed by atoms with Crippen molar-refractivity contribution in [1.82, 2.24) is 5.32 Å². The Bertz CT molecular complexity index is 202. The van der Waals surface area contributed by atoms with Crippen molar-refractivity contribution in [3.8, 4) is 0 Å². The molecule has 1 N–H and O–H groups in total. The van der Waals surface area contributed by atoms with Crippen molar-refractivity contribution in [3.63, 3.8) is 0 Å². The fraction of sp³-hybridized carbons (Fsp3) is 1.00. The Labute approximate surface area is 131 Å². The Morgan fingerprint density at radius 1 is 0.810 bits per heavy atom. The first kappa shape index (κ1) is 20.8. The Morgan fingerprint density at radius 2 is 1.38 bits per heavy atom. The first-order chi connectivity index (χ1) is 10.3. The number of ether oxygens (including phenoxy) is 3. The molecule has 0 aromatic heterocycles. The summed E-state index contributed by atoms with van der Waals surface area (Å²) >= 11 is 0. The maximum Gasteiger partial charge on any atom is 0.0701 e. The highest BCUT2D eigenvalue weighted by Crippen LogP contribution is 2.13. The number of nitrogens with one attached hydrogen (secondary N) is 1. The summed E-state index contributed by atoms with van der Waals surface area (Å²) in [7, 11) is 0. The third-order valence-electron chi connectivity index (χ3n) is 3.78. The molecule has 0 amide bonds. The molecule has 0 aromatic carbocycles. The minimum atomic E-state index is 0.570. The van der Waals surface area contributed by atoms with E-state index in [1.807, 2.05) is 0 Å². The van der Waals surface area contributed by atoms with Crippen molar-refractivity contribution in [2.24, 2.45) is 5.92 Å². The van der Waals surface area contributed by atoms with Crippen molar-refractivity contribution in [2.45, 2.75) is 59.4 Å². The molecule has 0 fully saturated rings. The molecule has 21 heavy (non-hydrogen) atoms. The van der Waals surface area contributed by atoms with Crippen LogP contribution in [-0.2, 0) is 14.2 Å². The van der Waals surface area contributed by atoms with Crippen LogP contribution < -0.4 is 5.32 Å². The van der Waals surface area contributed by atoms with Crippen LogP contribution in [-0.4, -0.2) is 52.2 Å². The fourth-order valence-electron chi connectivity index (χ4n) is 2.32. The maximum absolute atomic E-state index is 5.65. The molecule has 128 valence electrons. The lowest BCUT2D eigenvalue weighted by molar-refractivity contribution is 0.0111. The molecule has 0 saturated heterocycles. The second kappa shape index (κ2) is 16.2. The molecule has 0 rings (SSSR count). The van der Waals surface area contributed by atoms with E-state index in [1.54, 1.807) is 0 Å². The molecule has 0 saturated carbocycles. The standard InChI is InChI=1S/C17H37NO3/c1-5-8-10-19-12-14-21-15-13-20-11-9-17(6-2)16(4)18-7-3/h16-18H,5-15H2,1-4H3. The molecular weight excluding hydrogens is 266 g/mol. The summed E-state index contributed by atoms with van der Waals surface area (Å²) in [6, 6.07) is 0.570. The number of hydrogen-bond acceptors (Lipinski definition) is 4. The monoisotopic (exact) mass is 303 g/mol. The van der Waals surface area contributed by atoms with Crippen LogP contribution in [0.2, 0.25) is 0 Å². The van der Waals surface area contributed by atoms with Gasteiger partial charge in [0.1, 0.15) is 0 Å². The van der Waals surface area contributed by atoms with Gasteiger partial charge in [-0.3, -0.25) is 0 Å². The molecule has 4 nitrogen and oxygen atoms in total. The largest absolute Gasteiger partial charge is 0.379 e. The van der Waals surface area contributed by atoms with Crippen molar-refractivity contribution in [1.29, 1.82) is 0 Å². The fourth-order valence-corrected chi connectivity index (χ4v) is 2.32. The van der Waals surface area contributed by atoms with E-state index in [0.29, 0.717) is 38.4 Å². The van der Waals surface area contributed by atoms with Gasteiger partial charge in [-0.2, -0.15) is 0 Å². The first-order valence-electron chi connectivity index (χ1n) is 8.72. The van der Waals surface area contributed by atoms with Crippen molar-refractivity contribution in [3.05, 3.63) is 0 Å². The normalized spacial score (nSPS) is 14.3. The molecule has 0 radical (unpaired) electrons. The van der Waals surface area contributed by atoms with E-state index in [1.165, 1.54) is 12.8 Å². The Balaban J connectivity index is 3.30. The van der Waals surface area contributed by atoms with Gasteiger partial charge in [0.2, 0.25) is 0 Å². The van der Waals surface area contributed by atoms with E-state index < -0.39 is 0 Å². The van der Waals surface area contributed by atoms with Gasteiger partial charge < -0.3 is 19.5 Å². The third-order valence-corrected chi connectivity index (χ3v) is 3.78. The summed E-state index contributed by atoms with van der Waals surface area (Å²) in [5.41, 5.74) is 0. The van der Waals surface area contributed by atoms with Gasteiger partial charge in [-0.15, -0.1) is 0 Å². The highest BCUT2D eigenvalue weighted by atomic mass is 16.5. The third kappa shape index (κ3) is 13.2. The summed E-state index contributed by atoms with van der Waals surface area (Å²) in [5.74, 6) is 0.692. The van der Waals surface area contributed by atoms with Gasteiger partial charge in [0, 0.05) is 19.3 Å². The van der Waals surface area contributed by atoms with Crippen LogP contribution in [0.25, 0.3) is 0 Å². The van der Waals surface area contributed by atoms with E-state index in [-0.39, 0.29) is 0 Å². The highest BCUT2D eigenvalue weighted by molar-refractivity contribution is 4.70. The number of unbranched alkanes of at least 4 members (excludes halogenated alkanes) is 1. The Morgan fingerprint density at radius 3 is 1.90 bits per heavy atom. The second-order valence-electron chi connectivity index (χ2n) is 5.49. The first-order valence-corrected chi connectivity index (χ1v) is 8.72. The molecule has 0 spiro atoms. The summed E-state index contributed by atoms with van der Waals surface area (Å²) in [6.07, 6.45) is 4.63. The zero-order valence-electron chi connectivity index (χ0n) is 14.7. The van der Waals surface area contributed by atoms with Crippen LogP contribution in [0.4, 0.5) is 0 Å². The summed E-state index contributed by atoms with van der Waals surface area (Å²) in [6.45, 7) is 14.2. The van der Waals surface area contributed by atoms with Crippen LogP contribution in [0.5, 0.6) is 0 Å². The van der Waals surface area contributed by atoms with Gasteiger partial charge in [-0.25, -0.2) is 0 Å². The quantitative estimate of drug-likeness (QED) is 0.444. The lowest BCUT2D eigenvalue weighted by Crippen LogP contribution is -2.33. The van der Waals surface area contributed by atoms with Gasteiger partial charge in [-0.1, -0.05) is 33.6 Å². The predicted octanol–water partition coefficient (Wildman–Crippen LogP) is 3.25. The lowest BCUT2D eigenvalue weighted by Gasteiger charge is -2.23. The van der Waals surface area contributed by atoms with Crippen LogP contribution in [0.15, 0.2) is 0 Å². The Kier molecular flexibility index (Phi) is 16.1. The molecule has 0 aliphatic carbocycles. The molecule has 0 heterocycles. The minimum Gasteiger partial charge on any atom is -0.379 e. The lowest BCUT2D eigenvalue weighted by atomic mass is 9.95. The highest BCUT2D eigenvalue weighted by Gasteiger charge is 2.13. The SMILES string of the molecule is CCCCOCCOCCOCCC(CC)C(C)NCC. The molecule has 0 aliphatic rings. The maximum atomic E-state index is 5.65. The van der Waals surface area contributed by atoms with Gasteiger partial charge in [0.05, 0.1) is 26.4 Å². The molecule has 2 atom stereocenters. The van der Waals surface area contributed by atoms with E-state index in [4.69, 9.17) is 14.2 Å². The van der Waals surface area contributed by atoms with Gasteiger partial charge in [-0.05, 0) is 32.2 Å². The Hall–Kier alpha value is -0.160. The van der Waals surface area contributed by atoms with Crippen LogP contribution >= 0.6 is 0 Å².